The molecule has 0 atom stereocenters. The molecular weight excluding hydrogens is 324 g/mol. The molecule has 2 rings (SSSR count). The van der Waals surface area contributed by atoms with E-state index in [0.29, 0.717) is 0 Å². The Bertz CT molecular complexity index is 463. The molecule has 124 valence electrons. The highest BCUT2D eigenvalue weighted by molar-refractivity contribution is 7.99. The van der Waals surface area contributed by atoms with Crippen molar-refractivity contribution in [1.29, 1.82) is 0 Å². The van der Waals surface area contributed by atoms with Crippen molar-refractivity contribution in [1.82, 2.24) is 9.97 Å². The van der Waals surface area contributed by atoms with Crippen LogP contribution in [0, 0.1) is 0 Å². The summed E-state index contributed by atoms with van der Waals surface area (Å²) in [7, 11) is 0. The summed E-state index contributed by atoms with van der Waals surface area (Å²) in [5.74, 6) is 4.34. The second-order valence-electron chi connectivity index (χ2n) is 4.98. The van der Waals surface area contributed by atoms with Gasteiger partial charge in [-0.05, 0) is 48.6 Å². The Balaban J connectivity index is 1.34. The maximum Gasteiger partial charge on any atom is 0.0557 e. The fourth-order valence-corrected chi connectivity index (χ4v) is 3.57. The van der Waals surface area contributed by atoms with Crippen molar-refractivity contribution < 1.29 is 4.74 Å². The third kappa shape index (κ3) is 8.98. The van der Waals surface area contributed by atoms with Crippen molar-refractivity contribution in [3.05, 3.63) is 60.2 Å². The first kappa shape index (κ1) is 18.3. The van der Waals surface area contributed by atoms with Crippen LogP contribution >= 0.6 is 23.5 Å². The molecule has 0 radical (unpaired) electrons. The summed E-state index contributed by atoms with van der Waals surface area (Å²) in [6.07, 6.45) is 5.78. The van der Waals surface area contributed by atoms with E-state index in [1.165, 1.54) is 11.4 Å². The summed E-state index contributed by atoms with van der Waals surface area (Å²) >= 11 is 3.87. The topological polar surface area (TPSA) is 35.0 Å². The molecule has 2 aromatic rings. The molecule has 0 N–H and O–H groups in total. The second-order valence-corrected chi connectivity index (χ2v) is 7.43. The number of nitrogens with zero attached hydrogens (tertiary/aromatic N) is 2. The molecule has 0 bridgehead atoms. The number of thioether (sulfide) groups is 2. The van der Waals surface area contributed by atoms with Crippen LogP contribution in [0.4, 0.5) is 0 Å². The van der Waals surface area contributed by atoms with Crippen molar-refractivity contribution >= 4 is 23.5 Å². The summed E-state index contributed by atoms with van der Waals surface area (Å²) in [6.45, 7) is 1.68. The zero-order valence-corrected chi connectivity index (χ0v) is 15.0. The number of aryl methyl sites for hydroxylation is 2. The molecule has 2 aromatic heterocycles. The Morgan fingerprint density at radius 3 is 1.65 bits per heavy atom. The maximum absolute atomic E-state index is 5.67. The molecule has 0 fully saturated rings. The minimum Gasteiger partial charge on any atom is -0.380 e. The lowest BCUT2D eigenvalue weighted by molar-refractivity contribution is 0.167. The molecule has 0 saturated carbocycles. The van der Waals surface area contributed by atoms with Crippen LogP contribution in [0.5, 0.6) is 0 Å². The highest BCUT2D eigenvalue weighted by Gasteiger charge is 1.96. The standard InChI is InChI=1S/C18H24N2OS2/c1-3-9-19-17(5-1)7-13-22-15-11-21-12-16-23-14-8-18-6-2-4-10-20-18/h1-6,9-10H,7-8,11-16H2. The number of hydrogen-bond donors (Lipinski definition) is 0. The van der Waals surface area contributed by atoms with Gasteiger partial charge in [-0.15, -0.1) is 0 Å². The molecule has 0 unspecified atom stereocenters. The third-order valence-corrected chi connectivity index (χ3v) is 5.10. The fourth-order valence-electron chi connectivity index (χ4n) is 1.99. The highest BCUT2D eigenvalue weighted by atomic mass is 32.2. The van der Waals surface area contributed by atoms with Crippen LogP contribution in [-0.2, 0) is 17.6 Å². The predicted octanol–water partition coefficient (Wildman–Crippen LogP) is 3.74. The van der Waals surface area contributed by atoms with E-state index < -0.39 is 0 Å². The maximum atomic E-state index is 5.67. The Labute approximate surface area is 147 Å². The van der Waals surface area contributed by atoms with Gasteiger partial charge in [0.15, 0.2) is 0 Å². The van der Waals surface area contributed by atoms with E-state index in [0.717, 1.165) is 49.1 Å². The normalized spacial score (nSPS) is 10.8. The lowest BCUT2D eigenvalue weighted by atomic mass is 10.3. The summed E-state index contributed by atoms with van der Waals surface area (Å²) in [6, 6.07) is 12.2. The first-order valence-electron chi connectivity index (χ1n) is 7.98. The molecule has 0 aliphatic rings. The Hall–Kier alpha value is -1.04. The van der Waals surface area contributed by atoms with Crippen LogP contribution in [0.15, 0.2) is 48.8 Å². The average Bonchev–Trinajstić information content (AvgIpc) is 2.61. The predicted molar refractivity (Wildman–Crippen MR) is 101 cm³/mol. The lowest BCUT2D eigenvalue weighted by Gasteiger charge is -2.05. The van der Waals surface area contributed by atoms with Crippen molar-refractivity contribution in [2.24, 2.45) is 0 Å². The zero-order valence-electron chi connectivity index (χ0n) is 13.4. The van der Waals surface area contributed by atoms with Gasteiger partial charge in [0.1, 0.15) is 0 Å². The average molecular weight is 349 g/mol. The number of hydrogen-bond acceptors (Lipinski definition) is 5. The van der Waals surface area contributed by atoms with Crippen LogP contribution in [0.2, 0.25) is 0 Å². The van der Waals surface area contributed by atoms with Crippen LogP contribution in [-0.4, -0.2) is 46.2 Å². The van der Waals surface area contributed by atoms with Gasteiger partial charge in [0, 0.05) is 35.3 Å². The molecule has 23 heavy (non-hydrogen) atoms. The quantitative estimate of drug-likeness (QED) is 0.546. The Kier molecular flexibility index (Phi) is 9.86. The summed E-state index contributed by atoms with van der Waals surface area (Å²) in [5.41, 5.74) is 2.34. The number of aromatic nitrogens is 2. The minimum atomic E-state index is 0.841. The van der Waals surface area contributed by atoms with Crippen molar-refractivity contribution in [3.8, 4) is 0 Å². The second kappa shape index (κ2) is 12.4. The van der Waals surface area contributed by atoms with E-state index in [9.17, 15) is 0 Å². The number of pyridine rings is 2. The summed E-state index contributed by atoms with van der Waals surface area (Å²) < 4.78 is 5.67. The third-order valence-electron chi connectivity index (χ3n) is 3.20. The van der Waals surface area contributed by atoms with Crippen LogP contribution < -0.4 is 0 Å². The van der Waals surface area contributed by atoms with Gasteiger partial charge in [-0.1, -0.05) is 12.1 Å². The van der Waals surface area contributed by atoms with Crippen LogP contribution in [0.25, 0.3) is 0 Å². The van der Waals surface area contributed by atoms with E-state index in [4.69, 9.17) is 4.74 Å². The first-order valence-corrected chi connectivity index (χ1v) is 10.3. The van der Waals surface area contributed by atoms with Gasteiger partial charge >= 0.3 is 0 Å². The molecule has 0 aliphatic carbocycles. The van der Waals surface area contributed by atoms with Crippen molar-refractivity contribution in [3.63, 3.8) is 0 Å². The van der Waals surface area contributed by atoms with Gasteiger partial charge in [0.2, 0.25) is 0 Å². The van der Waals surface area contributed by atoms with Gasteiger partial charge in [-0.2, -0.15) is 23.5 Å². The van der Waals surface area contributed by atoms with Gasteiger partial charge < -0.3 is 4.74 Å². The molecule has 2 heterocycles. The SMILES string of the molecule is c1ccc(CCSCCOCCSCCc2ccccn2)nc1. The van der Waals surface area contributed by atoms with E-state index in [-0.39, 0.29) is 0 Å². The van der Waals surface area contributed by atoms with Gasteiger partial charge in [-0.3, -0.25) is 9.97 Å². The molecular formula is C18H24N2OS2. The molecule has 0 aliphatic heterocycles. The Morgan fingerprint density at radius 1 is 0.696 bits per heavy atom. The lowest BCUT2D eigenvalue weighted by Crippen LogP contribution is -2.03. The molecule has 0 aromatic carbocycles. The zero-order chi connectivity index (χ0) is 16.0. The smallest absolute Gasteiger partial charge is 0.0557 e. The summed E-state index contributed by atoms with van der Waals surface area (Å²) in [5, 5.41) is 0. The fraction of sp³-hybridized carbons (Fsp3) is 0.444. The van der Waals surface area contributed by atoms with E-state index >= 15 is 0 Å². The van der Waals surface area contributed by atoms with Crippen LogP contribution in [0.1, 0.15) is 11.4 Å². The number of rotatable bonds is 12. The Morgan fingerprint density at radius 2 is 1.22 bits per heavy atom. The van der Waals surface area contributed by atoms with Crippen molar-refractivity contribution in [2.75, 3.05) is 36.2 Å². The molecule has 5 heteroatoms. The number of ether oxygens (including phenoxy) is 1. The van der Waals surface area contributed by atoms with Gasteiger partial charge in [0.25, 0.3) is 0 Å². The van der Waals surface area contributed by atoms with Crippen molar-refractivity contribution in [2.45, 2.75) is 12.8 Å². The largest absolute Gasteiger partial charge is 0.380 e. The molecule has 3 nitrogen and oxygen atoms in total. The van der Waals surface area contributed by atoms with E-state index in [1.54, 1.807) is 0 Å². The summed E-state index contributed by atoms with van der Waals surface area (Å²) in [4.78, 5) is 8.65. The van der Waals surface area contributed by atoms with Gasteiger partial charge in [-0.25, -0.2) is 0 Å². The first-order chi connectivity index (χ1) is 11.4. The van der Waals surface area contributed by atoms with E-state index in [2.05, 4.69) is 22.1 Å². The highest BCUT2D eigenvalue weighted by Crippen LogP contribution is 2.06. The van der Waals surface area contributed by atoms with E-state index in [1.807, 2.05) is 60.2 Å². The molecule has 0 amide bonds. The molecule has 0 saturated heterocycles. The van der Waals surface area contributed by atoms with Gasteiger partial charge in [0.05, 0.1) is 13.2 Å². The van der Waals surface area contributed by atoms with Crippen LogP contribution in [0.3, 0.4) is 0 Å². The minimum absolute atomic E-state index is 0.841. The molecule has 0 spiro atoms. The monoisotopic (exact) mass is 348 g/mol.